The van der Waals surface area contributed by atoms with E-state index in [1.807, 2.05) is 68.4 Å². The van der Waals surface area contributed by atoms with E-state index in [-0.39, 0.29) is 17.2 Å². The molecule has 0 bridgehead atoms. The molecule has 0 unspecified atom stereocenters. The Labute approximate surface area is 220 Å². The van der Waals surface area contributed by atoms with Crippen LogP contribution in [0.2, 0.25) is 0 Å². The summed E-state index contributed by atoms with van der Waals surface area (Å²) in [5.41, 5.74) is 16.1. The highest BCUT2D eigenvalue weighted by molar-refractivity contribution is 5.99. The molecule has 4 aromatic carbocycles. The number of aryl methyl sites for hydroxylation is 1. The van der Waals surface area contributed by atoms with Gasteiger partial charge < -0.3 is 20.8 Å². The Hall–Kier alpha value is -4.91. The molecule has 5 rings (SSSR count). The van der Waals surface area contributed by atoms with Gasteiger partial charge in [0.2, 0.25) is 0 Å². The SMILES string of the molecule is CCc1c(C)c2ccc(Oc3cccc(C(=N)N)c3)cc2n(Cc2ccc3ccc(C(=N)N)cc3c2)c1=O. The normalized spacial score (nSPS) is 11.1. The maximum Gasteiger partial charge on any atom is 0.254 e. The minimum Gasteiger partial charge on any atom is -0.457 e. The van der Waals surface area contributed by atoms with Crippen molar-refractivity contribution in [2.75, 3.05) is 0 Å². The molecule has 7 nitrogen and oxygen atoms in total. The van der Waals surface area contributed by atoms with Crippen LogP contribution in [0.15, 0.2) is 83.7 Å². The minimum atomic E-state index is -0.0312. The van der Waals surface area contributed by atoms with Gasteiger partial charge in [-0.15, -0.1) is 0 Å². The third-order valence-electron chi connectivity index (χ3n) is 6.91. The number of nitrogens with one attached hydrogen (secondary N) is 2. The summed E-state index contributed by atoms with van der Waals surface area (Å²) in [4.78, 5) is 13.7. The Morgan fingerprint density at radius 1 is 0.842 bits per heavy atom. The van der Waals surface area contributed by atoms with Crippen molar-refractivity contribution in [2.45, 2.75) is 26.8 Å². The first-order valence-corrected chi connectivity index (χ1v) is 12.4. The zero-order valence-corrected chi connectivity index (χ0v) is 21.3. The van der Waals surface area contributed by atoms with Crippen molar-refractivity contribution in [3.63, 3.8) is 0 Å². The number of pyridine rings is 1. The van der Waals surface area contributed by atoms with Gasteiger partial charge in [-0.05, 0) is 71.6 Å². The van der Waals surface area contributed by atoms with Gasteiger partial charge >= 0.3 is 0 Å². The molecule has 0 spiro atoms. The molecule has 0 aliphatic heterocycles. The summed E-state index contributed by atoms with van der Waals surface area (Å²) in [6.45, 7) is 4.37. The predicted octanol–water partition coefficient (Wildman–Crippen LogP) is 5.43. The van der Waals surface area contributed by atoms with Gasteiger partial charge in [-0.25, -0.2) is 0 Å². The lowest BCUT2D eigenvalue weighted by atomic mass is 10.0. The lowest BCUT2D eigenvalue weighted by molar-refractivity contribution is 0.483. The van der Waals surface area contributed by atoms with Crippen LogP contribution >= 0.6 is 0 Å². The van der Waals surface area contributed by atoms with Crippen LogP contribution in [-0.4, -0.2) is 16.2 Å². The van der Waals surface area contributed by atoms with Gasteiger partial charge in [0, 0.05) is 28.1 Å². The summed E-state index contributed by atoms with van der Waals surface area (Å²) in [6, 6.07) is 24.6. The molecule has 0 radical (unpaired) electrons. The van der Waals surface area contributed by atoms with Crippen LogP contribution in [0.1, 0.15) is 34.7 Å². The van der Waals surface area contributed by atoms with Gasteiger partial charge in [0.15, 0.2) is 0 Å². The standard InChI is InChI=1S/C31H29N5O2/c1-3-26-18(2)27-12-11-25(38-24-6-4-5-21(15-24)29(32)33)16-28(27)36(31(26)37)17-19-7-8-20-9-10-22(30(34)35)14-23(20)13-19/h4-16H,3,17H2,1-2H3,(H3,32,33)(H3,34,35). The highest BCUT2D eigenvalue weighted by atomic mass is 16.5. The number of ether oxygens (including phenoxy) is 1. The summed E-state index contributed by atoms with van der Waals surface area (Å²) in [6.07, 6.45) is 0.635. The van der Waals surface area contributed by atoms with E-state index in [4.69, 9.17) is 27.0 Å². The van der Waals surface area contributed by atoms with Crippen LogP contribution in [0.3, 0.4) is 0 Å². The largest absolute Gasteiger partial charge is 0.457 e. The van der Waals surface area contributed by atoms with E-state index in [0.717, 1.165) is 38.4 Å². The summed E-state index contributed by atoms with van der Waals surface area (Å²) in [7, 11) is 0. The second kappa shape index (κ2) is 9.86. The first-order valence-electron chi connectivity index (χ1n) is 12.4. The van der Waals surface area contributed by atoms with E-state index in [1.165, 1.54) is 0 Å². The molecule has 0 amide bonds. The molecule has 0 aliphatic carbocycles. The van der Waals surface area contributed by atoms with E-state index in [0.29, 0.717) is 35.6 Å². The molecule has 0 fully saturated rings. The minimum absolute atomic E-state index is 0.0204. The summed E-state index contributed by atoms with van der Waals surface area (Å²) in [5, 5.41) is 18.4. The molecule has 190 valence electrons. The fourth-order valence-corrected chi connectivity index (χ4v) is 4.89. The monoisotopic (exact) mass is 503 g/mol. The maximum atomic E-state index is 13.7. The lowest BCUT2D eigenvalue weighted by Gasteiger charge is -2.17. The second-order valence-corrected chi connectivity index (χ2v) is 9.38. The smallest absolute Gasteiger partial charge is 0.254 e. The Kier molecular flexibility index (Phi) is 6.43. The first-order chi connectivity index (χ1) is 18.2. The Morgan fingerprint density at radius 2 is 1.55 bits per heavy atom. The maximum absolute atomic E-state index is 13.7. The molecule has 5 aromatic rings. The third-order valence-corrected chi connectivity index (χ3v) is 6.91. The summed E-state index contributed by atoms with van der Waals surface area (Å²) in [5.74, 6) is 1.13. The van der Waals surface area contributed by atoms with Crippen molar-refractivity contribution in [3.05, 3.63) is 117 Å². The van der Waals surface area contributed by atoms with Gasteiger partial charge in [0.1, 0.15) is 23.2 Å². The van der Waals surface area contributed by atoms with Crippen molar-refractivity contribution in [1.82, 2.24) is 4.57 Å². The molecule has 1 aromatic heterocycles. The molecule has 7 heteroatoms. The van der Waals surface area contributed by atoms with Crippen molar-refractivity contribution in [3.8, 4) is 11.5 Å². The molecule has 6 N–H and O–H groups in total. The van der Waals surface area contributed by atoms with Gasteiger partial charge in [-0.3, -0.25) is 15.6 Å². The van der Waals surface area contributed by atoms with Crippen LogP contribution in [0.25, 0.3) is 21.7 Å². The number of nitrogens with two attached hydrogens (primary N) is 2. The topological polar surface area (TPSA) is 131 Å². The van der Waals surface area contributed by atoms with Crippen molar-refractivity contribution < 1.29 is 4.74 Å². The van der Waals surface area contributed by atoms with Crippen LogP contribution in [0.4, 0.5) is 0 Å². The molecule has 1 heterocycles. The second-order valence-electron chi connectivity index (χ2n) is 9.38. The van der Waals surface area contributed by atoms with Crippen molar-refractivity contribution in [2.24, 2.45) is 11.5 Å². The van der Waals surface area contributed by atoms with E-state index >= 15 is 0 Å². The summed E-state index contributed by atoms with van der Waals surface area (Å²) < 4.78 is 7.91. The fourth-order valence-electron chi connectivity index (χ4n) is 4.89. The van der Waals surface area contributed by atoms with Crippen molar-refractivity contribution >= 4 is 33.3 Å². The zero-order valence-electron chi connectivity index (χ0n) is 21.3. The lowest BCUT2D eigenvalue weighted by Crippen LogP contribution is -2.26. The number of aromatic nitrogens is 1. The van der Waals surface area contributed by atoms with Crippen molar-refractivity contribution in [1.29, 1.82) is 10.8 Å². The average molecular weight is 504 g/mol. The molecule has 0 aliphatic rings. The fraction of sp³-hybridized carbons (Fsp3) is 0.129. The molecule has 38 heavy (non-hydrogen) atoms. The van der Waals surface area contributed by atoms with Crippen LogP contribution in [-0.2, 0) is 13.0 Å². The van der Waals surface area contributed by atoms with E-state index in [1.54, 1.807) is 28.8 Å². The number of benzene rings is 4. The third kappa shape index (κ3) is 4.62. The predicted molar refractivity (Wildman–Crippen MR) is 154 cm³/mol. The average Bonchev–Trinajstić information content (AvgIpc) is 2.91. The van der Waals surface area contributed by atoms with Gasteiger partial charge in [-0.1, -0.05) is 43.3 Å². The first kappa shape index (κ1) is 24.8. The van der Waals surface area contributed by atoms with Crippen LogP contribution < -0.4 is 21.8 Å². The number of hydrogen-bond donors (Lipinski definition) is 4. The van der Waals surface area contributed by atoms with Crippen LogP contribution in [0, 0.1) is 17.7 Å². The Balaban J connectivity index is 1.62. The molecule has 0 saturated heterocycles. The van der Waals surface area contributed by atoms with Gasteiger partial charge in [0.05, 0.1) is 12.1 Å². The highest BCUT2D eigenvalue weighted by Crippen LogP contribution is 2.29. The number of fused-ring (bicyclic) bond motifs is 2. The van der Waals surface area contributed by atoms with Gasteiger partial charge in [-0.2, -0.15) is 0 Å². The summed E-state index contributed by atoms with van der Waals surface area (Å²) >= 11 is 0. The Bertz CT molecular complexity index is 1800. The van der Waals surface area contributed by atoms with Crippen LogP contribution in [0.5, 0.6) is 11.5 Å². The molecular formula is C31H29N5O2. The zero-order chi connectivity index (χ0) is 27.0. The van der Waals surface area contributed by atoms with Gasteiger partial charge in [0.25, 0.3) is 5.56 Å². The quantitative estimate of drug-likeness (QED) is 0.174. The Morgan fingerprint density at radius 3 is 2.29 bits per heavy atom. The number of nitrogen functional groups attached to an aromatic ring is 2. The highest BCUT2D eigenvalue weighted by Gasteiger charge is 2.15. The number of hydrogen-bond acceptors (Lipinski definition) is 4. The molecular weight excluding hydrogens is 474 g/mol. The number of amidine groups is 2. The number of nitrogens with zero attached hydrogens (tertiary/aromatic N) is 1. The van der Waals surface area contributed by atoms with E-state index in [2.05, 4.69) is 0 Å². The van der Waals surface area contributed by atoms with E-state index in [9.17, 15) is 4.79 Å². The number of rotatable bonds is 7. The molecule has 0 saturated carbocycles. The molecule has 0 atom stereocenters. The van der Waals surface area contributed by atoms with E-state index < -0.39 is 0 Å².